The maximum Gasteiger partial charge on any atom is 0.312 e. The van der Waals surface area contributed by atoms with Gasteiger partial charge in [0.15, 0.2) is 10.7 Å². The Morgan fingerprint density at radius 1 is 1.43 bits per heavy atom. The van der Waals surface area contributed by atoms with Gasteiger partial charge in [0.1, 0.15) is 5.69 Å². The van der Waals surface area contributed by atoms with Crippen LogP contribution in [0.5, 0.6) is 0 Å². The largest absolute Gasteiger partial charge is 0.383 e. The van der Waals surface area contributed by atoms with Crippen LogP contribution in [0.2, 0.25) is 0 Å². The molecule has 2 aromatic rings. The van der Waals surface area contributed by atoms with Crippen LogP contribution in [-0.2, 0) is 16.6 Å². The van der Waals surface area contributed by atoms with Gasteiger partial charge in [0.25, 0.3) is 0 Å². The highest BCUT2D eigenvalue weighted by Gasteiger charge is 2.28. The van der Waals surface area contributed by atoms with E-state index in [-0.39, 0.29) is 18.1 Å². The van der Waals surface area contributed by atoms with Crippen LogP contribution in [0.25, 0.3) is 0 Å². The molecule has 112 valence electrons. The molecule has 0 spiro atoms. The minimum absolute atomic E-state index is 0.0995. The molecule has 0 bridgehead atoms. The van der Waals surface area contributed by atoms with E-state index in [2.05, 4.69) is 24.7 Å². The fraction of sp³-hybridized carbons (Fsp3) is 0.200. The number of hydrogen-bond donors (Lipinski definition) is 2. The molecule has 1 aromatic carbocycles. The highest BCUT2D eigenvalue weighted by Crippen LogP contribution is 2.31. The first kappa shape index (κ1) is 14.9. The fourth-order valence-electron chi connectivity index (χ4n) is 1.64. The zero-order chi connectivity index (χ0) is 15.5. The molecule has 0 fully saturated rings. The standard InChI is InChI=1S/C10H11N5O5S/c1-11-7-3-2-4-8(10(7)15(16)17)21(18,19)13-5-9-12-6-20-14-9/h2-4,6,11,13H,5H2,1H3. The average Bonchev–Trinajstić information content (AvgIpc) is 2.97. The van der Waals surface area contributed by atoms with Crippen molar-refractivity contribution in [3.05, 3.63) is 40.5 Å². The lowest BCUT2D eigenvalue weighted by molar-refractivity contribution is -0.386. The van der Waals surface area contributed by atoms with E-state index in [1.807, 2.05) is 0 Å². The van der Waals surface area contributed by atoms with Gasteiger partial charge < -0.3 is 9.84 Å². The number of anilines is 1. The molecule has 0 aliphatic heterocycles. The third-order valence-electron chi connectivity index (χ3n) is 2.57. The van der Waals surface area contributed by atoms with Gasteiger partial charge in [0.2, 0.25) is 16.4 Å². The summed E-state index contributed by atoms with van der Waals surface area (Å²) in [6.45, 7) is -0.236. The molecule has 0 atom stereocenters. The second-order valence-corrected chi connectivity index (χ2v) is 5.57. The molecule has 1 heterocycles. The van der Waals surface area contributed by atoms with Gasteiger partial charge >= 0.3 is 5.69 Å². The summed E-state index contributed by atoms with van der Waals surface area (Å²) in [5.74, 6) is 0.117. The van der Waals surface area contributed by atoms with Gasteiger partial charge in [0, 0.05) is 7.05 Å². The predicted molar refractivity (Wildman–Crippen MR) is 71.0 cm³/mol. The van der Waals surface area contributed by atoms with E-state index in [4.69, 9.17) is 0 Å². The third-order valence-corrected chi connectivity index (χ3v) is 4.00. The van der Waals surface area contributed by atoms with Gasteiger partial charge in [-0.15, -0.1) is 0 Å². The zero-order valence-corrected chi connectivity index (χ0v) is 11.6. The molecule has 10 nitrogen and oxygen atoms in total. The number of benzene rings is 1. The molecule has 0 aliphatic rings. The van der Waals surface area contributed by atoms with E-state index >= 15 is 0 Å². The number of sulfonamides is 1. The molecular weight excluding hydrogens is 302 g/mol. The Morgan fingerprint density at radius 2 is 2.19 bits per heavy atom. The van der Waals surface area contributed by atoms with Crippen molar-refractivity contribution in [2.45, 2.75) is 11.4 Å². The molecule has 0 radical (unpaired) electrons. The van der Waals surface area contributed by atoms with E-state index in [1.54, 1.807) is 0 Å². The molecule has 2 rings (SSSR count). The van der Waals surface area contributed by atoms with E-state index in [9.17, 15) is 18.5 Å². The van der Waals surface area contributed by atoms with Crippen molar-refractivity contribution in [3.63, 3.8) is 0 Å². The first-order valence-corrected chi connectivity index (χ1v) is 7.14. The van der Waals surface area contributed by atoms with E-state index in [0.717, 1.165) is 12.5 Å². The molecule has 1 aromatic heterocycles. The smallest absolute Gasteiger partial charge is 0.312 e. The van der Waals surface area contributed by atoms with Crippen LogP contribution in [0.15, 0.2) is 34.0 Å². The molecular formula is C10H11N5O5S. The number of nitrogens with one attached hydrogen (secondary N) is 2. The number of nitro groups is 1. The summed E-state index contributed by atoms with van der Waals surface area (Å²) >= 11 is 0. The Labute approximate surface area is 119 Å². The highest BCUT2D eigenvalue weighted by atomic mass is 32.2. The SMILES string of the molecule is CNc1cccc(S(=O)(=O)NCc2ncon2)c1[N+](=O)[O-]. The summed E-state index contributed by atoms with van der Waals surface area (Å²) < 4.78 is 31.0. The van der Waals surface area contributed by atoms with Gasteiger partial charge in [-0.3, -0.25) is 10.1 Å². The molecule has 0 amide bonds. The topological polar surface area (TPSA) is 140 Å². The van der Waals surface area contributed by atoms with Crippen LogP contribution >= 0.6 is 0 Å². The van der Waals surface area contributed by atoms with E-state index in [0.29, 0.717) is 0 Å². The van der Waals surface area contributed by atoms with E-state index in [1.165, 1.54) is 19.2 Å². The quantitative estimate of drug-likeness (QED) is 0.580. The Hall–Kier alpha value is -2.53. The van der Waals surface area contributed by atoms with Gasteiger partial charge in [-0.05, 0) is 12.1 Å². The van der Waals surface area contributed by atoms with Gasteiger partial charge in [-0.25, -0.2) is 13.1 Å². The third kappa shape index (κ3) is 3.14. The number of para-hydroxylation sites is 1. The second-order valence-electron chi connectivity index (χ2n) is 3.83. The van der Waals surface area contributed by atoms with Crippen molar-refractivity contribution < 1.29 is 17.9 Å². The first-order chi connectivity index (χ1) is 9.95. The lowest BCUT2D eigenvalue weighted by Gasteiger charge is -2.08. The molecule has 0 saturated heterocycles. The van der Waals surface area contributed by atoms with Crippen molar-refractivity contribution in [1.29, 1.82) is 0 Å². The van der Waals surface area contributed by atoms with Crippen molar-refractivity contribution in [2.75, 3.05) is 12.4 Å². The fourth-order valence-corrected chi connectivity index (χ4v) is 2.81. The van der Waals surface area contributed by atoms with Crippen LogP contribution < -0.4 is 10.0 Å². The predicted octanol–water partition coefficient (Wildman–Crippen LogP) is 0.498. The van der Waals surface area contributed by atoms with Crippen LogP contribution in [-0.4, -0.2) is 30.5 Å². The second kappa shape index (κ2) is 5.85. The molecule has 0 aliphatic carbocycles. The van der Waals surface area contributed by atoms with Crippen LogP contribution in [0.1, 0.15) is 5.82 Å². The van der Waals surface area contributed by atoms with Crippen LogP contribution in [0.3, 0.4) is 0 Å². The maximum atomic E-state index is 12.2. The first-order valence-electron chi connectivity index (χ1n) is 5.66. The number of nitro benzene ring substituents is 1. The Bertz CT molecular complexity index is 743. The number of rotatable bonds is 6. The minimum Gasteiger partial charge on any atom is -0.383 e. The van der Waals surface area contributed by atoms with Gasteiger partial charge in [-0.1, -0.05) is 11.2 Å². The maximum absolute atomic E-state index is 12.2. The number of nitrogens with zero attached hydrogens (tertiary/aromatic N) is 3. The summed E-state index contributed by atoms with van der Waals surface area (Å²) in [5.41, 5.74) is -0.428. The summed E-state index contributed by atoms with van der Waals surface area (Å²) in [7, 11) is -2.63. The normalized spacial score (nSPS) is 11.3. The monoisotopic (exact) mass is 313 g/mol. The van der Waals surface area contributed by atoms with Crippen molar-refractivity contribution >= 4 is 21.4 Å². The average molecular weight is 313 g/mol. The number of hydrogen-bond acceptors (Lipinski definition) is 8. The summed E-state index contributed by atoms with van der Waals surface area (Å²) in [5, 5.41) is 17.1. The van der Waals surface area contributed by atoms with E-state index < -0.39 is 25.5 Å². The molecule has 11 heteroatoms. The molecule has 0 unspecified atom stereocenters. The lowest BCUT2D eigenvalue weighted by Crippen LogP contribution is -2.24. The van der Waals surface area contributed by atoms with Gasteiger partial charge in [-0.2, -0.15) is 4.98 Å². The van der Waals surface area contributed by atoms with Crippen molar-refractivity contribution in [1.82, 2.24) is 14.9 Å². The minimum atomic E-state index is -4.10. The number of aromatic nitrogens is 2. The molecule has 21 heavy (non-hydrogen) atoms. The van der Waals surface area contributed by atoms with Gasteiger partial charge in [0.05, 0.1) is 11.5 Å². The summed E-state index contributed by atoms with van der Waals surface area (Å²) in [4.78, 5) is 13.6. The zero-order valence-electron chi connectivity index (χ0n) is 10.8. The van der Waals surface area contributed by atoms with Crippen LogP contribution in [0.4, 0.5) is 11.4 Å². The van der Waals surface area contributed by atoms with Crippen LogP contribution in [0, 0.1) is 10.1 Å². The Morgan fingerprint density at radius 3 is 2.76 bits per heavy atom. The Kier molecular flexibility index (Phi) is 4.14. The highest BCUT2D eigenvalue weighted by molar-refractivity contribution is 7.89. The Balaban J connectivity index is 2.37. The molecule has 0 saturated carbocycles. The van der Waals surface area contributed by atoms with Crippen molar-refractivity contribution in [3.8, 4) is 0 Å². The summed E-state index contributed by atoms with van der Waals surface area (Å²) in [6, 6.07) is 3.97. The lowest BCUT2D eigenvalue weighted by atomic mass is 10.3. The summed E-state index contributed by atoms with van der Waals surface area (Å²) in [6.07, 6.45) is 1.05. The molecule has 2 N–H and O–H groups in total. The van der Waals surface area contributed by atoms with Crippen molar-refractivity contribution in [2.24, 2.45) is 0 Å².